The molecule has 0 aliphatic carbocycles. The highest BCUT2D eigenvalue weighted by molar-refractivity contribution is 5.83. The molecule has 1 aliphatic rings. The zero-order chi connectivity index (χ0) is 12.4. The van der Waals surface area contributed by atoms with E-state index >= 15 is 0 Å². The standard InChI is InChI=1S/C12H24N2O2/c1-11(2,16)10(15)13-9-12(3)5-7-14(4)8-6-12/h16H,5-9H2,1-4H3,(H,13,15). The van der Waals surface area contributed by atoms with E-state index in [9.17, 15) is 9.90 Å². The Kier molecular flexibility index (Phi) is 3.97. The number of piperidine rings is 1. The van der Waals surface area contributed by atoms with Crippen molar-refractivity contribution in [3.63, 3.8) is 0 Å². The molecule has 16 heavy (non-hydrogen) atoms. The van der Waals surface area contributed by atoms with Gasteiger partial charge >= 0.3 is 0 Å². The fourth-order valence-corrected chi connectivity index (χ4v) is 1.85. The summed E-state index contributed by atoms with van der Waals surface area (Å²) in [5.41, 5.74) is -1.10. The van der Waals surface area contributed by atoms with Gasteiger partial charge in [-0.15, -0.1) is 0 Å². The number of carbonyl (C=O) groups is 1. The van der Waals surface area contributed by atoms with Gasteiger partial charge in [0.2, 0.25) is 0 Å². The first-order chi connectivity index (χ1) is 7.23. The third-order valence-electron chi connectivity index (χ3n) is 3.43. The molecule has 4 nitrogen and oxygen atoms in total. The van der Waals surface area contributed by atoms with Gasteiger partial charge in [0.05, 0.1) is 0 Å². The summed E-state index contributed by atoms with van der Waals surface area (Å²) in [6.07, 6.45) is 2.19. The highest BCUT2D eigenvalue weighted by Crippen LogP contribution is 2.29. The molecule has 0 bridgehead atoms. The van der Waals surface area contributed by atoms with Crippen LogP contribution in [0.4, 0.5) is 0 Å². The molecule has 1 amide bonds. The van der Waals surface area contributed by atoms with Crippen molar-refractivity contribution in [1.82, 2.24) is 10.2 Å². The Morgan fingerprint density at radius 3 is 2.38 bits per heavy atom. The first-order valence-electron chi connectivity index (χ1n) is 5.92. The summed E-state index contributed by atoms with van der Waals surface area (Å²) in [6, 6.07) is 0. The summed E-state index contributed by atoms with van der Waals surface area (Å²) >= 11 is 0. The zero-order valence-corrected chi connectivity index (χ0v) is 10.8. The van der Waals surface area contributed by atoms with Crippen LogP contribution in [0.5, 0.6) is 0 Å². The second kappa shape index (κ2) is 4.72. The van der Waals surface area contributed by atoms with E-state index in [2.05, 4.69) is 24.2 Å². The molecule has 0 aromatic heterocycles. The molecule has 1 saturated heterocycles. The van der Waals surface area contributed by atoms with E-state index in [0.717, 1.165) is 25.9 Å². The van der Waals surface area contributed by atoms with Gasteiger partial charge in [-0.3, -0.25) is 4.79 Å². The number of hydrogen-bond donors (Lipinski definition) is 2. The van der Waals surface area contributed by atoms with Crippen LogP contribution in [0.2, 0.25) is 0 Å². The second-order valence-corrected chi connectivity index (χ2v) is 5.86. The third-order valence-corrected chi connectivity index (χ3v) is 3.43. The van der Waals surface area contributed by atoms with Gasteiger partial charge in [0.25, 0.3) is 5.91 Å². The van der Waals surface area contributed by atoms with Crippen LogP contribution >= 0.6 is 0 Å². The van der Waals surface area contributed by atoms with E-state index in [4.69, 9.17) is 0 Å². The summed E-state index contributed by atoms with van der Waals surface area (Å²) in [6.45, 7) is 8.04. The molecule has 0 spiro atoms. The van der Waals surface area contributed by atoms with Crippen molar-refractivity contribution in [3.8, 4) is 0 Å². The molecule has 0 unspecified atom stereocenters. The van der Waals surface area contributed by atoms with Crippen molar-refractivity contribution in [1.29, 1.82) is 0 Å². The fourth-order valence-electron chi connectivity index (χ4n) is 1.85. The number of likely N-dealkylation sites (tertiary alicyclic amines) is 1. The van der Waals surface area contributed by atoms with E-state index in [-0.39, 0.29) is 11.3 Å². The monoisotopic (exact) mass is 228 g/mol. The number of nitrogens with zero attached hydrogens (tertiary/aromatic N) is 1. The average Bonchev–Trinajstić information content (AvgIpc) is 2.18. The molecule has 0 aromatic rings. The first-order valence-corrected chi connectivity index (χ1v) is 5.92. The van der Waals surface area contributed by atoms with Gasteiger partial charge in [-0.05, 0) is 52.2 Å². The van der Waals surface area contributed by atoms with Gasteiger partial charge in [-0.1, -0.05) is 6.92 Å². The number of amides is 1. The minimum atomic E-state index is -1.28. The molecule has 94 valence electrons. The molecule has 2 N–H and O–H groups in total. The van der Waals surface area contributed by atoms with E-state index in [0.29, 0.717) is 6.54 Å². The maximum atomic E-state index is 11.5. The second-order valence-electron chi connectivity index (χ2n) is 5.86. The van der Waals surface area contributed by atoms with Crippen LogP contribution in [-0.2, 0) is 4.79 Å². The molecule has 1 aliphatic heterocycles. The first kappa shape index (κ1) is 13.5. The predicted octanol–water partition coefficient (Wildman–Crippen LogP) is 0.605. The van der Waals surface area contributed by atoms with Crippen LogP contribution in [0.3, 0.4) is 0 Å². The minimum absolute atomic E-state index is 0.174. The van der Waals surface area contributed by atoms with Crippen molar-refractivity contribution in [2.24, 2.45) is 5.41 Å². The quantitative estimate of drug-likeness (QED) is 0.744. The van der Waals surface area contributed by atoms with E-state index in [1.165, 1.54) is 13.8 Å². The zero-order valence-electron chi connectivity index (χ0n) is 10.8. The Morgan fingerprint density at radius 1 is 1.44 bits per heavy atom. The SMILES string of the molecule is CN1CCC(C)(CNC(=O)C(C)(C)O)CC1. The summed E-state index contributed by atoms with van der Waals surface area (Å²) in [5.74, 6) is -0.285. The van der Waals surface area contributed by atoms with Gasteiger partial charge in [-0.25, -0.2) is 0 Å². The summed E-state index contributed by atoms with van der Waals surface area (Å²) in [4.78, 5) is 13.8. The molecular weight excluding hydrogens is 204 g/mol. The maximum absolute atomic E-state index is 11.5. The number of rotatable bonds is 3. The molecule has 0 saturated carbocycles. The molecule has 4 heteroatoms. The molecule has 1 fully saturated rings. The molecule has 1 heterocycles. The Labute approximate surface area is 98.0 Å². The van der Waals surface area contributed by atoms with Crippen molar-refractivity contribution in [3.05, 3.63) is 0 Å². The number of carbonyl (C=O) groups excluding carboxylic acids is 1. The summed E-state index contributed by atoms with van der Waals surface area (Å²) in [7, 11) is 2.12. The van der Waals surface area contributed by atoms with Gasteiger partial charge in [0.15, 0.2) is 0 Å². The van der Waals surface area contributed by atoms with Gasteiger partial charge in [0.1, 0.15) is 5.60 Å². The highest BCUT2D eigenvalue weighted by atomic mass is 16.3. The van der Waals surface area contributed by atoms with E-state index in [1.807, 2.05) is 0 Å². The van der Waals surface area contributed by atoms with Crippen LogP contribution < -0.4 is 5.32 Å². The predicted molar refractivity (Wildman–Crippen MR) is 64.1 cm³/mol. The Morgan fingerprint density at radius 2 is 1.94 bits per heavy atom. The van der Waals surface area contributed by atoms with E-state index < -0.39 is 5.60 Å². The van der Waals surface area contributed by atoms with Gasteiger partial charge in [-0.2, -0.15) is 0 Å². The Balaban J connectivity index is 2.40. The maximum Gasteiger partial charge on any atom is 0.251 e. The smallest absolute Gasteiger partial charge is 0.251 e. The van der Waals surface area contributed by atoms with Crippen LogP contribution in [0.15, 0.2) is 0 Å². The lowest BCUT2D eigenvalue weighted by molar-refractivity contribution is -0.137. The largest absolute Gasteiger partial charge is 0.381 e. The molecular formula is C12H24N2O2. The van der Waals surface area contributed by atoms with Crippen molar-refractivity contribution < 1.29 is 9.90 Å². The normalized spacial score (nSPS) is 21.8. The van der Waals surface area contributed by atoms with Gasteiger partial charge < -0.3 is 15.3 Å². The van der Waals surface area contributed by atoms with Gasteiger partial charge in [0, 0.05) is 6.54 Å². The van der Waals surface area contributed by atoms with Crippen molar-refractivity contribution in [2.75, 3.05) is 26.7 Å². The third kappa shape index (κ3) is 3.76. The topological polar surface area (TPSA) is 52.6 Å². The average molecular weight is 228 g/mol. The van der Waals surface area contributed by atoms with Crippen LogP contribution in [0, 0.1) is 5.41 Å². The summed E-state index contributed by atoms with van der Waals surface area (Å²) in [5, 5.41) is 12.4. The van der Waals surface area contributed by atoms with Crippen molar-refractivity contribution in [2.45, 2.75) is 39.2 Å². The van der Waals surface area contributed by atoms with E-state index in [1.54, 1.807) is 0 Å². The number of hydrogen-bond acceptors (Lipinski definition) is 3. The Hall–Kier alpha value is -0.610. The highest BCUT2D eigenvalue weighted by Gasteiger charge is 2.31. The number of nitrogens with one attached hydrogen (secondary N) is 1. The van der Waals surface area contributed by atoms with Crippen LogP contribution in [0.25, 0.3) is 0 Å². The molecule has 0 aromatic carbocycles. The number of aliphatic hydroxyl groups is 1. The van der Waals surface area contributed by atoms with Crippen LogP contribution in [-0.4, -0.2) is 48.2 Å². The lowest BCUT2D eigenvalue weighted by Gasteiger charge is -2.38. The Bertz CT molecular complexity index is 250. The summed E-state index contributed by atoms with van der Waals surface area (Å²) < 4.78 is 0. The molecule has 0 atom stereocenters. The lowest BCUT2D eigenvalue weighted by Crippen LogP contribution is -2.48. The lowest BCUT2D eigenvalue weighted by atomic mass is 9.80. The minimum Gasteiger partial charge on any atom is -0.381 e. The van der Waals surface area contributed by atoms with Crippen LogP contribution in [0.1, 0.15) is 33.6 Å². The van der Waals surface area contributed by atoms with Crippen molar-refractivity contribution >= 4 is 5.91 Å². The molecule has 1 rings (SSSR count). The molecule has 0 radical (unpaired) electrons. The fraction of sp³-hybridized carbons (Fsp3) is 0.917.